The van der Waals surface area contributed by atoms with Crippen LogP contribution in [0, 0.1) is 0 Å². The van der Waals surface area contributed by atoms with Gasteiger partial charge in [-0.15, -0.1) is 0 Å². The van der Waals surface area contributed by atoms with Crippen molar-refractivity contribution in [3.63, 3.8) is 0 Å². The number of nitrogens with zero attached hydrogens (tertiary/aromatic N) is 1. The van der Waals surface area contributed by atoms with Gasteiger partial charge in [0.25, 0.3) is 6.43 Å². The molecule has 1 atom stereocenters. The third-order valence-corrected chi connectivity index (χ3v) is 3.79. The summed E-state index contributed by atoms with van der Waals surface area (Å²) >= 11 is -1.38. The third kappa shape index (κ3) is 4.07. The number of halogens is 2. The summed E-state index contributed by atoms with van der Waals surface area (Å²) in [6.07, 6.45) is -2.51. The summed E-state index contributed by atoms with van der Waals surface area (Å²) in [4.78, 5) is 0. The lowest BCUT2D eigenvalue weighted by molar-refractivity contribution is 0.151. The molecule has 0 aromatic heterocycles. The monoisotopic (exact) mass is 273 g/mol. The number of alkyl halides is 2. The Balaban J connectivity index is 3.00. The average molecular weight is 273 g/mol. The first-order chi connectivity index (χ1) is 8.21. The maximum Gasteiger partial charge on any atom is 0.263 e. The maximum atomic E-state index is 12.6. The summed E-state index contributed by atoms with van der Waals surface area (Å²) in [5, 5.41) is 0. The van der Waals surface area contributed by atoms with E-state index in [-0.39, 0.29) is 5.56 Å². The van der Waals surface area contributed by atoms with Gasteiger partial charge < -0.3 is 4.55 Å². The molecule has 0 unspecified atom stereocenters. The van der Waals surface area contributed by atoms with Crippen molar-refractivity contribution >= 4 is 17.1 Å². The van der Waals surface area contributed by atoms with E-state index in [1.807, 2.05) is 20.8 Å². The molecule has 1 aromatic rings. The van der Waals surface area contributed by atoms with E-state index in [0.29, 0.717) is 11.3 Å². The van der Waals surface area contributed by atoms with Crippen LogP contribution in [0.2, 0.25) is 0 Å². The fourth-order valence-electron chi connectivity index (χ4n) is 1.21. The molecule has 0 bridgehead atoms. The molecular formula is C13H17F2NOS. The van der Waals surface area contributed by atoms with Crippen molar-refractivity contribution < 1.29 is 13.3 Å². The molecule has 0 saturated heterocycles. The van der Waals surface area contributed by atoms with E-state index in [4.69, 9.17) is 0 Å². The Kier molecular flexibility index (Phi) is 4.87. The molecule has 0 N–H and O–H groups in total. The quantitative estimate of drug-likeness (QED) is 0.607. The Morgan fingerprint density at radius 3 is 2.44 bits per heavy atom. The highest BCUT2D eigenvalue weighted by Gasteiger charge is 2.26. The second-order valence-corrected chi connectivity index (χ2v) is 6.87. The van der Waals surface area contributed by atoms with Gasteiger partial charge in [0.2, 0.25) is 0 Å². The van der Waals surface area contributed by atoms with Crippen LogP contribution in [0.1, 0.15) is 45.2 Å². The number of benzene rings is 1. The second kappa shape index (κ2) is 5.80. The van der Waals surface area contributed by atoms with Crippen LogP contribution in [0.5, 0.6) is 0 Å². The Morgan fingerprint density at radius 2 is 1.94 bits per heavy atom. The summed E-state index contributed by atoms with van der Waals surface area (Å²) in [5.41, 5.74) is 1.03. The van der Waals surface area contributed by atoms with Crippen molar-refractivity contribution in [3.8, 4) is 0 Å². The zero-order valence-electron chi connectivity index (χ0n) is 10.9. The standard InChI is InChI=1S/C13H17F2NOS/c1-9(16-18(17)13(2,3)4)10-6-5-7-11(8-10)12(14)15/h5-8,12H,1-4H3/b16-9+/t18-/m1/s1. The van der Waals surface area contributed by atoms with E-state index in [2.05, 4.69) is 4.40 Å². The van der Waals surface area contributed by atoms with Crippen LogP contribution >= 0.6 is 0 Å². The molecule has 0 spiro atoms. The van der Waals surface area contributed by atoms with E-state index in [1.54, 1.807) is 19.1 Å². The second-order valence-electron chi connectivity index (χ2n) is 4.96. The zero-order chi connectivity index (χ0) is 13.9. The SMILES string of the molecule is C/C(=N\[S@+]([O-])C(C)(C)C)c1cccc(C(F)F)c1. The van der Waals surface area contributed by atoms with Gasteiger partial charge in [0.1, 0.15) is 16.1 Å². The van der Waals surface area contributed by atoms with Crippen molar-refractivity contribution in [1.29, 1.82) is 0 Å². The van der Waals surface area contributed by atoms with E-state index in [9.17, 15) is 13.3 Å². The molecule has 100 valence electrons. The van der Waals surface area contributed by atoms with Crippen LogP contribution in [-0.4, -0.2) is 15.0 Å². The van der Waals surface area contributed by atoms with Crippen LogP contribution in [0.15, 0.2) is 28.7 Å². The molecular weight excluding hydrogens is 256 g/mol. The van der Waals surface area contributed by atoms with Crippen LogP contribution in [0.25, 0.3) is 0 Å². The highest BCUT2D eigenvalue weighted by molar-refractivity contribution is 7.91. The molecule has 0 aliphatic carbocycles. The topological polar surface area (TPSA) is 35.4 Å². The van der Waals surface area contributed by atoms with Crippen molar-refractivity contribution in [2.75, 3.05) is 0 Å². The number of rotatable bonds is 3. The van der Waals surface area contributed by atoms with Crippen LogP contribution in [0.3, 0.4) is 0 Å². The molecule has 0 saturated carbocycles. The van der Waals surface area contributed by atoms with Gasteiger partial charge in [-0.25, -0.2) is 8.78 Å². The molecule has 0 amide bonds. The molecule has 0 aliphatic heterocycles. The maximum absolute atomic E-state index is 12.6. The summed E-state index contributed by atoms with van der Waals surface area (Å²) in [6.45, 7) is 7.12. The Hall–Kier alpha value is -0.940. The average Bonchev–Trinajstić information content (AvgIpc) is 2.27. The smallest absolute Gasteiger partial charge is 0.263 e. The Morgan fingerprint density at radius 1 is 1.33 bits per heavy atom. The molecule has 5 heteroatoms. The molecule has 18 heavy (non-hydrogen) atoms. The third-order valence-electron chi connectivity index (χ3n) is 2.30. The van der Waals surface area contributed by atoms with E-state index < -0.39 is 22.5 Å². The van der Waals surface area contributed by atoms with Gasteiger partial charge >= 0.3 is 0 Å². The van der Waals surface area contributed by atoms with Crippen LogP contribution in [0.4, 0.5) is 8.78 Å². The minimum Gasteiger partial charge on any atom is -0.591 e. The fourth-order valence-corrected chi connectivity index (χ4v) is 1.84. The molecule has 2 nitrogen and oxygen atoms in total. The molecule has 0 fully saturated rings. The highest BCUT2D eigenvalue weighted by Crippen LogP contribution is 2.21. The molecule has 0 aliphatic rings. The van der Waals surface area contributed by atoms with Gasteiger partial charge in [-0.05, 0) is 33.8 Å². The fraction of sp³-hybridized carbons (Fsp3) is 0.462. The Labute approximate surface area is 109 Å². The highest BCUT2D eigenvalue weighted by atomic mass is 32.2. The van der Waals surface area contributed by atoms with Gasteiger partial charge in [-0.3, -0.25) is 0 Å². The minimum absolute atomic E-state index is 0.0522. The van der Waals surface area contributed by atoms with Crippen molar-refractivity contribution in [1.82, 2.24) is 0 Å². The van der Waals surface area contributed by atoms with Gasteiger partial charge in [0.05, 0.1) is 5.71 Å². The Bertz CT molecular complexity index is 441. The first-order valence-electron chi connectivity index (χ1n) is 5.57. The summed E-state index contributed by atoms with van der Waals surface area (Å²) in [6, 6.07) is 5.98. The molecule has 0 heterocycles. The van der Waals surface area contributed by atoms with Crippen molar-refractivity contribution in [2.24, 2.45) is 4.40 Å². The first-order valence-corrected chi connectivity index (χ1v) is 6.68. The lowest BCUT2D eigenvalue weighted by atomic mass is 10.1. The summed E-state index contributed by atoms with van der Waals surface area (Å²) in [5.74, 6) is 0. The first kappa shape index (κ1) is 15.1. The van der Waals surface area contributed by atoms with Crippen LogP contribution in [-0.2, 0) is 11.4 Å². The molecule has 0 radical (unpaired) electrons. The van der Waals surface area contributed by atoms with E-state index >= 15 is 0 Å². The lowest BCUT2D eigenvalue weighted by Gasteiger charge is -2.18. The molecule has 1 rings (SSSR count). The van der Waals surface area contributed by atoms with Gasteiger partial charge in [0, 0.05) is 11.1 Å². The van der Waals surface area contributed by atoms with E-state index in [1.165, 1.54) is 12.1 Å². The normalized spacial score (nSPS) is 15.0. The zero-order valence-corrected chi connectivity index (χ0v) is 11.7. The summed E-state index contributed by atoms with van der Waals surface area (Å²) in [7, 11) is 0. The minimum atomic E-state index is -2.51. The lowest BCUT2D eigenvalue weighted by Crippen LogP contribution is -2.26. The van der Waals surface area contributed by atoms with E-state index in [0.717, 1.165) is 0 Å². The predicted octanol–water partition coefficient (Wildman–Crippen LogP) is 3.90. The van der Waals surface area contributed by atoms with Crippen molar-refractivity contribution in [2.45, 2.75) is 38.9 Å². The number of hydrogen-bond donors (Lipinski definition) is 0. The number of hydrogen-bond acceptors (Lipinski definition) is 2. The van der Waals surface area contributed by atoms with Crippen LogP contribution < -0.4 is 0 Å². The largest absolute Gasteiger partial charge is 0.591 e. The predicted molar refractivity (Wildman–Crippen MR) is 71.5 cm³/mol. The van der Waals surface area contributed by atoms with Gasteiger partial charge in [-0.1, -0.05) is 22.6 Å². The molecule has 1 aromatic carbocycles. The van der Waals surface area contributed by atoms with Crippen molar-refractivity contribution in [3.05, 3.63) is 35.4 Å². The van der Waals surface area contributed by atoms with Gasteiger partial charge in [-0.2, -0.15) is 0 Å². The summed E-state index contributed by atoms with van der Waals surface area (Å²) < 4.78 is 40.6. The van der Waals surface area contributed by atoms with Gasteiger partial charge in [0.15, 0.2) is 0 Å².